The molecule has 1 saturated carbocycles. The van der Waals surface area contributed by atoms with Crippen LogP contribution >= 0.6 is 22.9 Å². The number of hydrogen-bond acceptors (Lipinski definition) is 9. The minimum Gasteiger partial charge on any atom is -0.393 e. The van der Waals surface area contributed by atoms with Crippen molar-refractivity contribution in [2.24, 2.45) is 11.1 Å². The van der Waals surface area contributed by atoms with E-state index in [2.05, 4.69) is 19.5 Å². The van der Waals surface area contributed by atoms with Crippen molar-refractivity contribution in [1.29, 1.82) is 0 Å². The first-order valence-electron chi connectivity index (χ1n) is 10.9. The van der Waals surface area contributed by atoms with Crippen LogP contribution < -0.4 is 10.5 Å². The summed E-state index contributed by atoms with van der Waals surface area (Å²) in [6.45, 7) is 1.68. The lowest BCUT2D eigenvalue weighted by molar-refractivity contribution is 0.101. The molecule has 0 saturated heterocycles. The number of rotatable bonds is 9. The highest BCUT2D eigenvalue weighted by atomic mass is 35.5. The van der Waals surface area contributed by atoms with E-state index in [0.717, 1.165) is 16.0 Å². The fourth-order valence-electron chi connectivity index (χ4n) is 4.22. The molecule has 2 aromatic heterocycles. The first kappa shape index (κ1) is 25.7. The number of carbonyl (C=O) groups excluding carboxylic acids is 1. The molecule has 0 amide bonds. The summed E-state index contributed by atoms with van der Waals surface area (Å²) in [7, 11) is -4.09. The van der Waals surface area contributed by atoms with E-state index >= 15 is 0 Å². The van der Waals surface area contributed by atoms with Gasteiger partial charge in [-0.05, 0) is 49.1 Å². The number of thiophene rings is 1. The lowest BCUT2D eigenvalue weighted by atomic mass is 10.1. The summed E-state index contributed by atoms with van der Waals surface area (Å²) in [6, 6.07) is 9.38. The van der Waals surface area contributed by atoms with Gasteiger partial charge in [0.15, 0.2) is 0 Å². The minimum absolute atomic E-state index is 0.194. The Kier molecular flexibility index (Phi) is 7.84. The summed E-state index contributed by atoms with van der Waals surface area (Å²) in [6.07, 6.45) is 3.48. The molecule has 35 heavy (non-hydrogen) atoms. The Hall–Kier alpha value is -2.41. The Balaban J connectivity index is 1.48. The maximum Gasteiger partial charge on any atom is 0.333 e. The van der Waals surface area contributed by atoms with Gasteiger partial charge < -0.3 is 10.4 Å². The zero-order valence-electron chi connectivity index (χ0n) is 18.8. The van der Waals surface area contributed by atoms with Gasteiger partial charge in [-0.25, -0.2) is 15.1 Å². The lowest BCUT2D eigenvalue weighted by Crippen LogP contribution is -2.24. The number of aryl methyl sites for hydroxylation is 1. The van der Waals surface area contributed by atoms with Gasteiger partial charge in [-0.1, -0.05) is 23.7 Å². The molecule has 0 radical (unpaired) electrons. The van der Waals surface area contributed by atoms with Crippen LogP contribution in [0, 0.1) is 12.8 Å². The van der Waals surface area contributed by atoms with Crippen molar-refractivity contribution >= 4 is 44.8 Å². The summed E-state index contributed by atoms with van der Waals surface area (Å²) in [5.41, 5.74) is 2.25. The van der Waals surface area contributed by atoms with Crippen LogP contribution in [0.5, 0.6) is 0 Å². The Bertz CT molecular complexity index is 1330. The SMILES string of the molecule is Cc1cc(Cc2cccc(Cl)c2)sc1C(=O)c1cncnc1N[C@@H]1CC(COS(N)(=O)=O)[C@@H](O)C1. The van der Waals surface area contributed by atoms with E-state index in [1.165, 1.54) is 23.9 Å². The predicted molar refractivity (Wildman–Crippen MR) is 134 cm³/mol. The molecule has 2 heterocycles. The highest BCUT2D eigenvalue weighted by molar-refractivity contribution is 7.84. The van der Waals surface area contributed by atoms with Crippen LogP contribution in [-0.4, -0.2) is 48.0 Å². The maximum absolute atomic E-state index is 13.4. The third kappa shape index (κ3) is 6.63. The van der Waals surface area contributed by atoms with Crippen LogP contribution in [0.1, 0.15) is 44.1 Å². The summed E-state index contributed by atoms with van der Waals surface area (Å²) in [4.78, 5) is 23.4. The number of aromatic nitrogens is 2. The number of aliphatic hydroxyl groups excluding tert-OH is 1. The van der Waals surface area contributed by atoms with Crippen LogP contribution in [0.15, 0.2) is 42.9 Å². The van der Waals surface area contributed by atoms with Crippen LogP contribution in [-0.2, 0) is 20.9 Å². The number of nitrogens with two attached hydrogens (primary N) is 1. The number of anilines is 1. The third-order valence-electron chi connectivity index (χ3n) is 5.84. The molecule has 1 aliphatic carbocycles. The number of ketones is 1. The summed E-state index contributed by atoms with van der Waals surface area (Å²) >= 11 is 7.52. The highest BCUT2D eigenvalue weighted by Gasteiger charge is 2.35. The standard InChI is InChI=1S/C23H25ClN4O5S2/c1-13-5-18(7-14-3-2-4-16(24)6-14)34-22(13)21(30)19-10-26-12-27-23(19)28-17-8-15(20(29)9-17)11-33-35(25,31)32/h2-6,10,12,15,17,20,29H,7-9,11H2,1H3,(H2,25,31,32)(H,26,27,28)/t15?,17-,20+/m1/s1. The van der Waals surface area contributed by atoms with Gasteiger partial charge in [0.05, 0.1) is 23.2 Å². The predicted octanol–water partition coefficient (Wildman–Crippen LogP) is 3.09. The Morgan fingerprint density at radius 2 is 2.14 bits per heavy atom. The quantitative estimate of drug-likeness (QED) is 0.354. The Morgan fingerprint density at radius 3 is 2.89 bits per heavy atom. The third-order valence-corrected chi connectivity index (χ3v) is 7.78. The summed E-state index contributed by atoms with van der Waals surface area (Å²) < 4.78 is 26.8. The molecule has 186 valence electrons. The number of hydrogen-bond donors (Lipinski definition) is 3. The van der Waals surface area contributed by atoms with Crippen molar-refractivity contribution in [2.75, 3.05) is 11.9 Å². The monoisotopic (exact) mass is 536 g/mol. The lowest BCUT2D eigenvalue weighted by Gasteiger charge is -2.15. The number of aliphatic hydroxyl groups is 1. The largest absolute Gasteiger partial charge is 0.393 e. The molecule has 12 heteroatoms. The van der Waals surface area contributed by atoms with Crippen molar-refractivity contribution in [3.8, 4) is 0 Å². The Labute approximate surface area is 212 Å². The van der Waals surface area contributed by atoms with Gasteiger partial charge in [0.25, 0.3) is 0 Å². The van der Waals surface area contributed by atoms with Crippen molar-refractivity contribution in [2.45, 2.75) is 38.3 Å². The van der Waals surface area contributed by atoms with Gasteiger partial charge in [0, 0.05) is 34.5 Å². The summed E-state index contributed by atoms with van der Waals surface area (Å²) in [5, 5.41) is 19.1. The van der Waals surface area contributed by atoms with Crippen molar-refractivity contribution < 1.29 is 22.5 Å². The molecule has 0 aliphatic heterocycles. The zero-order valence-corrected chi connectivity index (χ0v) is 21.2. The molecular formula is C23H25ClN4O5S2. The highest BCUT2D eigenvalue weighted by Crippen LogP contribution is 2.32. The molecule has 4 N–H and O–H groups in total. The van der Waals surface area contributed by atoms with Crippen molar-refractivity contribution in [1.82, 2.24) is 9.97 Å². The molecule has 1 unspecified atom stereocenters. The molecule has 1 aliphatic rings. The van der Waals surface area contributed by atoms with Gasteiger partial charge in [-0.2, -0.15) is 8.42 Å². The van der Waals surface area contributed by atoms with Gasteiger partial charge >= 0.3 is 10.3 Å². The first-order chi connectivity index (χ1) is 16.6. The molecule has 3 aromatic rings. The van der Waals surface area contributed by atoms with E-state index in [1.54, 1.807) is 0 Å². The smallest absolute Gasteiger partial charge is 0.333 e. The van der Waals surface area contributed by atoms with E-state index in [9.17, 15) is 18.3 Å². The van der Waals surface area contributed by atoms with Crippen molar-refractivity contribution in [3.05, 3.63) is 74.3 Å². The average Bonchev–Trinajstić information content (AvgIpc) is 3.33. The molecular weight excluding hydrogens is 512 g/mol. The number of benzene rings is 1. The fraction of sp³-hybridized carbons (Fsp3) is 0.348. The second-order valence-electron chi connectivity index (χ2n) is 8.56. The van der Waals surface area contributed by atoms with Crippen LogP contribution in [0.3, 0.4) is 0 Å². The molecule has 3 atom stereocenters. The summed E-state index contributed by atoms with van der Waals surface area (Å²) in [5.74, 6) is -0.250. The fourth-order valence-corrected chi connectivity index (χ4v) is 5.95. The molecule has 4 rings (SSSR count). The first-order valence-corrected chi connectivity index (χ1v) is 13.6. The van der Waals surface area contributed by atoms with Crippen LogP contribution in [0.2, 0.25) is 5.02 Å². The molecule has 1 aromatic carbocycles. The second kappa shape index (κ2) is 10.7. The number of nitrogens with zero attached hydrogens (tertiary/aromatic N) is 2. The van der Waals surface area contributed by atoms with Gasteiger partial charge in [-0.15, -0.1) is 11.3 Å². The molecule has 0 spiro atoms. The normalized spacial score (nSPS) is 20.2. The second-order valence-corrected chi connectivity index (χ2v) is 11.4. The van der Waals surface area contributed by atoms with Gasteiger partial charge in [0.2, 0.25) is 5.78 Å². The average molecular weight is 537 g/mol. The van der Waals surface area contributed by atoms with E-state index < -0.39 is 22.3 Å². The van der Waals surface area contributed by atoms with Crippen LogP contribution in [0.25, 0.3) is 0 Å². The minimum atomic E-state index is -4.09. The van der Waals surface area contributed by atoms with Crippen LogP contribution in [0.4, 0.5) is 5.82 Å². The number of halogens is 1. The number of nitrogens with one attached hydrogen (secondary N) is 1. The topological polar surface area (TPSA) is 144 Å². The van der Waals surface area contributed by atoms with E-state index in [0.29, 0.717) is 40.5 Å². The van der Waals surface area contributed by atoms with Gasteiger partial charge in [0.1, 0.15) is 12.1 Å². The van der Waals surface area contributed by atoms with E-state index in [4.69, 9.17) is 16.7 Å². The molecule has 1 fully saturated rings. The van der Waals surface area contributed by atoms with Gasteiger partial charge in [-0.3, -0.25) is 8.98 Å². The molecule has 9 nitrogen and oxygen atoms in total. The molecule has 0 bridgehead atoms. The van der Waals surface area contributed by atoms with Crippen molar-refractivity contribution in [3.63, 3.8) is 0 Å². The number of carbonyl (C=O) groups is 1. The van der Waals surface area contributed by atoms with E-state index in [1.807, 2.05) is 37.3 Å². The maximum atomic E-state index is 13.4. The zero-order chi connectivity index (χ0) is 25.2. The van der Waals surface area contributed by atoms with E-state index in [-0.39, 0.29) is 18.4 Å². The Morgan fingerprint density at radius 1 is 1.34 bits per heavy atom.